The Hall–Kier alpha value is -0.123. The van der Waals surface area contributed by atoms with Crippen molar-refractivity contribution in [3.8, 4) is 0 Å². The number of unbranched alkanes of at least 4 members (excludes halogenated alkanes) is 1. The van der Waals surface area contributed by atoms with Crippen LogP contribution in [0.25, 0.3) is 0 Å². The Kier molecular flexibility index (Phi) is 9.79. The molecule has 3 heteroatoms. The summed E-state index contributed by atoms with van der Waals surface area (Å²) in [6.45, 7) is 20.4. The van der Waals surface area contributed by atoms with Crippen LogP contribution >= 0.6 is 0 Å². The van der Waals surface area contributed by atoms with E-state index in [9.17, 15) is 0 Å². The monoisotopic (exact) mass is 256 g/mol. The molecule has 0 fully saturated rings. The highest BCUT2D eigenvalue weighted by Crippen LogP contribution is 2.15. The summed E-state index contributed by atoms with van der Waals surface area (Å²) in [5.41, 5.74) is 0. The highest BCUT2D eigenvalue weighted by Gasteiger charge is 2.26. The van der Waals surface area contributed by atoms with Gasteiger partial charge in [-0.15, -0.1) is 6.58 Å². The lowest BCUT2D eigenvalue weighted by atomic mass is 10.2. The van der Waals surface area contributed by atoms with Crippen LogP contribution in [0.15, 0.2) is 11.8 Å². The van der Waals surface area contributed by atoms with Crippen LogP contribution in [-0.4, -0.2) is 44.4 Å². The van der Waals surface area contributed by atoms with Crippen molar-refractivity contribution in [3.63, 3.8) is 0 Å². The lowest BCUT2D eigenvalue weighted by Gasteiger charge is -2.37. The molecule has 0 rings (SSSR count). The van der Waals surface area contributed by atoms with Crippen LogP contribution in [0.2, 0.25) is 0 Å². The van der Waals surface area contributed by atoms with E-state index >= 15 is 0 Å². The van der Waals surface area contributed by atoms with Crippen LogP contribution in [0, 0.1) is 0 Å². The summed E-state index contributed by atoms with van der Waals surface area (Å²) in [6.07, 6.45) is 3.79. The Morgan fingerprint density at radius 1 is 0.882 bits per heavy atom. The minimum atomic E-state index is -1.12. The fourth-order valence-electron chi connectivity index (χ4n) is 2.42. The van der Waals surface area contributed by atoms with Crippen molar-refractivity contribution in [2.45, 2.75) is 53.9 Å². The van der Waals surface area contributed by atoms with E-state index in [0.29, 0.717) is 0 Å². The number of rotatable bonds is 10. The van der Waals surface area contributed by atoms with Crippen molar-refractivity contribution in [2.75, 3.05) is 26.2 Å². The number of hydrogen-bond acceptors (Lipinski definition) is 2. The highest BCUT2D eigenvalue weighted by molar-refractivity contribution is 6.61. The molecule has 0 saturated heterocycles. The number of allylic oxidation sites excluding steroid dienone is 1. The van der Waals surface area contributed by atoms with E-state index in [4.69, 9.17) is 0 Å². The van der Waals surface area contributed by atoms with Gasteiger partial charge in [0.1, 0.15) is 0 Å². The van der Waals surface area contributed by atoms with Crippen molar-refractivity contribution in [3.05, 3.63) is 11.8 Å². The predicted octanol–water partition coefficient (Wildman–Crippen LogP) is 3.18. The molecule has 0 atom stereocenters. The van der Waals surface area contributed by atoms with Crippen LogP contribution in [-0.2, 0) is 0 Å². The Morgan fingerprint density at radius 2 is 1.29 bits per heavy atom. The summed E-state index contributed by atoms with van der Waals surface area (Å²) >= 11 is 0. The molecule has 0 amide bonds. The van der Waals surface area contributed by atoms with E-state index in [1.807, 2.05) is 0 Å². The van der Waals surface area contributed by atoms with Crippen LogP contribution in [0.3, 0.4) is 0 Å². The zero-order chi connectivity index (χ0) is 13.3. The molecule has 0 radical (unpaired) electrons. The molecule has 0 aromatic rings. The number of nitrogens with zero attached hydrogens (tertiary/aromatic N) is 2. The van der Waals surface area contributed by atoms with Gasteiger partial charge in [-0.1, -0.05) is 52.7 Å². The second-order valence-corrected chi connectivity index (χ2v) is 7.60. The first-order valence-corrected chi connectivity index (χ1v) is 8.92. The highest BCUT2D eigenvalue weighted by atomic mass is 28.3. The van der Waals surface area contributed by atoms with Crippen LogP contribution in [0.4, 0.5) is 0 Å². The van der Waals surface area contributed by atoms with Gasteiger partial charge in [-0.05, 0) is 32.6 Å². The molecule has 0 aromatic heterocycles. The minimum absolute atomic E-state index is 1.12. The molecule has 2 nitrogen and oxygen atoms in total. The standard InChI is InChI=1S/C14H32N2Si/c1-7-12-13-14(6)17(15(8-2)9-3)16(10-4)11-5/h17H,6-13H2,1-5H3. The lowest BCUT2D eigenvalue weighted by molar-refractivity contribution is 0.382. The van der Waals surface area contributed by atoms with Gasteiger partial charge in [0.25, 0.3) is 0 Å². The Morgan fingerprint density at radius 3 is 1.59 bits per heavy atom. The fourth-order valence-corrected chi connectivity index (χ4v) is 5.76. The van der Waals surface area contributed by atoms with E-state index < -0.39 is 9.12 Å². The zero-order valence-electron chi connectivity index (χ0n) is 12.6. The Balaban J connectivity index is 4.74. The van der Waals surface area contributed by atoms with Gasteiger partial charge in [-0.3, -0.25) is 0 Å². The van der Waals surface area contributed by atoms with Crippen LogP contribution < -0.4 is 0 Å². The third-order valence-electron chi connectivity index (χ3n) is 3.53. The molecular formula is C14H32N2Si. The van der Waals surface area contributed by atoms with E-state index in [-0.39, 0.29) is 0 Å². The molecule has 0 aromatic carbocycles. The van der Waals surface area contributed by atoms with Gasteiger partial charge in [0.05, 0.1) is 0 Å². The molecule has 0 spiro atoms. The summed E-state index contributed by atoms with van der Waals surface area (Å²) in [6, 6.07) is 0. The fraction of sp³-hybridized carbons (Fsp3) is 0.857. The maximum Gasteiger partial charge on any atom is 0.218 e. The lowest BCUT2D eigenvalue weighted by Crippen LogP contribution is -2.54. The average Bonchev–Trinajstić information content (AvgIpc) is 2.36. The van der Waals surface area contributed by atoms with Crippen LogP contribution in [0.5, 0.6) is 0 Å². The molecule has 0 N–H and O–H groups in total. The van der Waals surface area contributed by atoms with Gasteiger partial charge in [0.2, 0.25) is 9.12 Å². The maximum absolute atomic E-state index is 4.40. The summed E-state index contributed by atoms with van der Waals surface area (Å²) < 4.78 is 5.32. The third kappa shape index (κ3) is 5.36. The van der Waals surface area contributed by atoms with Crippen molar-refractivity contribution in [2.24, 2.45) is 0 Å². The summed E-state index contributed by atoms with van der Waals surface area (Å²) in [7, 11) is -1.12. The summed E-state index contributed by atoms with van der Waals surface area (Å²) in [5, 5.41) is 1.53. The first kappa shape index (κ1) is 16.9. The second-order valence-electron chi connectivity index (χ2n) is 4.58. The molecule has 0 aliphatic rings. The van der Waals surface area contributed by atoms with E-state index in [2.05, 4.69) is 50.3 Å². The molecule has 17 heavy (non-hydrogen) atoms. The topological polar surface area (TPSA) is 6.48 Å². The summed E-state index contributed by atoms with van der Waals surface area (Å²) in [4.78, 5) is 0. The SMILES string of the molecule is C=C(CCCC)[SiH](N(CC)CC)N(CC)CC. The normalized spacial score (nSPS) is 11.8. The molecule has 0 aliphatic carbocycles. The number of hydrogen-bond donors (Lipinski definition) is 0. The third-order valence-corrected chi connectivity index (χ3v) is 7.40. The molecule has 0 heterocycles. The minimum Gasteiger partial charge on any atom is -0.311 e. The van der Waals surface area contributed by atoms with Crippen molar-refractivity contribution >= 4 is 9.12 Å². The van der Waals surface area contributed by atoms with Gasteiger partial charge in [-0.25, -0.2) is 0 Å². The molecule has 0 bridgehead atoms. The summed E-state index contributed by atoms with van der Waals surface area (Å²) in [5.74, 6) is 0. The average molecular weight is 257 g/mol. The molecule has 0 aliphatic heterocycles. The smallest absolute Gasteiger partial charge is 0.218 e. The predicted molar refractivity (Wildman–Crippen MR) is 81.7 cm³/mol. The zero-order valence-corrected chi connectivity index (χ0v) is 13.8. The van der Waals surface area contributed by atoms with Crippen molar-refractivity contribution in [1.29, 1.82) is 0 Å². The maximum atomic E-state index is 4.40. The van der Waals surface area contributed by atoms with Gasteiger partial charge in [0, 0.05) is 0 Å². The molecule has 102 valence electrons. The van der Waals surface area contributed by atoms with Crippen molar-refractivity contribution in [1.82, 2.24) is 9.13 Å². The molecular weight excluding hydrogens is 224 g/mol. The Labute approximate surface area is 110 Å². The van der Waals surface area contributed by atoms with Crippen LogP contribution in [0.1, 0.15) is 53.9 Å². The molecule has 0 saturated carbocycles. The largest absolute Gasteiger partial charge is 0.311 e. The first-order chi connectivity index (χ1) is 8.15. The van der Waals surface area contributed by atoms with Gasteiger partial charge in [-0.2, -0.15) is 0 Å². The quantitative estimate of drug-likeness (QED) is 0.554. The Bertz CT molecular complexity index is 186. The second kappa shape index (κ2) is 9.86. The first-order valence-electron chi connectivity index (χ1n) is 7.31. The van der Waals surface area contributed by atoms with Crippen molar-refractivity contribution < 1.29 is 0 Å². The van der Waals surface area contributed by atoms with E-state index in [1.165, 1.54) is 24.5 Å². The van der Waals surface area contributed by atoms with E-state index in [1.54, 1.807) is 0 Å². The van der Waals surface area contributed by atoms with Gasteiger partial charge in [0.15, 0.2) is 0 Å². The van der Waals surface area contributed by atoms with Gasteiger partial charge >= 0.3 is 0 Å². The van der Waals surface area contributed by atoms with Gasteiger partial charge < -0.3 is 9.13 Å². The van der Waals surface area contributed by atoms with E-state index in [0.717, 1.165) is 26.2 Å². The molecule has 0 unspecified atom stereocenters.